The molecule has 1 aliphatic rings. The van der Waals surface area contributed by atoms with E-state index in [9.17, 15) is 9.59 Å². The van der Waals surface area contributed by atoms with Crippen molar-refractivity contribution in [2.24, 2.45) is 0 Å². The van der Waals surface area contributed by atoms with Crippen LogP contribution < -0.4 is 15.8 Å². The molecule has 38 heavy (non-hydrogen) atoms. The fourth-order valence-electron chi connectivity index (χ4n) is 5.14. The molecule has 2 atom stereocenters. The molecule has 0 fully saturated rings. The molecule has 4 heterocycles. The van der Waals surface area contributed by atoms with Crippen molar-refractivity contribution in [3.8, 4) is 5.69 Å². The second-order valence-corrected chi connectivity index (χ2v) is 11.9. The molecule has 1 amide bonds. The second kappa shape index (κ2) is 10.4. The molecule has 0 saturated carbocycles. The van der Waals surface area contributed by atoms with E-state index in [-0.39, 0.29) is 23.3 Å². The Bertz CT molecular complexity index is 1680. The number of thioether (sulfide) groups is 1. The zero-order valence-electron chi connectivity index (χ0n) is 21.3. The lowest BCUT2D eigenvalue weighted by molar-refractivity contribution is -0.895. The van der Waals surface area contributed by atoms with E-state index in [0.29, 0.717) is 10.9 Å². The highest BCUT2D eigenvalue weighted by molar-refractivity contribution is 7.99. The van der Waals surface area contributed by atoms with Crippen LogP contribution in [0.25, 0.3) is 21.7 Å². The molecular weight excluding hydrogens is 516 g/mol. The maximum atomic E-state index is 13.9. The van der Waals surface area contributed by atoms with Crippen molar-refractivity contribution in [2.45, 2.75) is 37.5 Å². The van der Waals surface area contributed by atoms with Crippen LogP contribution in [0.2, 0.25) is 0 Å². The number of nitrogens with one attached hydrogen (secondary N) is 2. The summed E-state index contributed by atoms with van der Waals surface area (Å²) in [4.78, 5) is 30.3. The molecule has 3 aromatic heterocycles. The first-order chi connectivity index (χ1) is 18.5. The average Bonchev–Trinajstić information content (AvgIpc) is 3.50. The van der Waals surface area contributed by atoms with Gasteiger partial charge < -0.3 is 10.2 Å². The Morgan fingerprint density at radius 3 is 2.63 bits per heavy atom. The van der Waals surface area contributed by atoms with Gasteiger partial charge in [0.2, 0.25) is 11.7 Å². The van der Waals surface area contributed by atoms with Crippen molar-refractivity contribution in [2.75, 3.05) is 19.3 Å². The predicted molar refractivity (Wildman–Crippen MR) is 152 cm³/mol. The van der Waals surface area contributed by atoms with Crippen molar-refractivity contribution in [3.63, 3.8) is 0 Å². The third-order valence-electron chi connectivity index (χ3n) is 6.91. The van der Waals surface area contributed by atoms with Gasteiger partial charge in [-0.3, -0.25) is 9.59 Å². The Morgan fingerprint density at radius 2 is 1.87 bits per heavy atom. The zero-order chi connectivity index (χ0) is 26.2. The fraction of sp³-hybridized carbons (Fsp3) is 0.286. The lowest BCUT2D eigenvalue weighted by Gasteiger charge is -2.19. The minimum Gasteiger partial charge on any atom is -0.353 e. The minimum atomic E-state index is -0.0628. The molecular formula is C28H29N6O2S2+. The van der Waals surface area contributed by atoms with Crippen molar-refractivity contribution in [1.82, 2.24) is 24.5 Å². The molecule has 0 radical (unpaired) electrons. The number of rotatable bonds is 7. The number of carbonyl (C=O) groups is 1. The van der Waals surface area contributed by atoms with Gasteiger partial charge in [0.15, 0.2) is 5.16 Å². The Kier molecular flexibility index (Phi) is 6.77. The SMILES string of the molecule is C[C@@H](Cc1ccccc1)NC(=O)CSc1nnc2n(-c3ccccc3)c(=O)c3c4c(sc3n12)C[NH+](C)CC4. The van der Waals surface area contributed by atoms with E-state index >= 15 is 0 Å². The van der Waals surface area contributed by atoms with Crippen LogP contribution in [-0.4, -0.2) is 50.5 Å². The van der Waals surface area contributed by atoms with Crippen LogP contribution >= 0.6 is 23.1 Å². The summed E-state index contributed by atoms with van der Waals surface area (Å²) in [7, 11) is 2.18. The number of benzene rings is 2. The summed E-state index contributed by atoms with van der Waals surface area (Å²) in [6.07, 6.45) is 1.63. The van der Waals surface area contributed by atoms with Gasteiger partial charge in [-0.1, -0.05) is 60.3 Å². The molecule has 0 saturated heterocycles. The molecule has 6 rings (SSSR count). The van der Waals surface area contributed by atoms with E-state index in [1.165, 1.54) is 27.1 Å². The average molecular weight is 546 g/mol. The van der Waals surface area contributed by atoms with Crippen LogP contribution in [0.15, 0.2) is 70.6 Å². The molecule has 194 valence electrons. The van der Waals surface area contributed by atoms with Gasteiger partial charge in [0.1, 0.15) is 11.4 Å². The lowest BCUT2D eigenvalue weighted by Crippen LogP contribution is -3.08. The quantitative estimate of drug-likeness (QED) is 0.307. The van der Waals surface area contributed by atoms with E-state index in [1.807, 2.05) is 59.9 Å². The van der Waals surface area contributed by atoms with Gasteiger partial charge in [0, 0.05) is 12.5 Å². The molecule has 0 aliphatic carbocycles. The number of amides is 1. The number of quaternary nitrogens is 1. The first-order valence-electron chi connectivity index (χ1n) is 12.8. The third-order valence-corrected chi connectivity index (χ3v) is 9.06. The van der Waals surface area contributed by atoms with Gasteiger partial charge in [0.25, 0.3) is 5.56 Å². The van der Waals surface area contributed by atoms with Crippen molar-refractivity contribution < 1.29 is 9.69 Å². The molecule has 2 N–H and O–H groups in total. The smallest absolute Gasteiger partial charge is 0.268 e. The largest absolute Gasteiger partial charge is 0.353 e. The van der Waals surface area contributed by atoms with Crippen LogP contribution in [-0.2, 0) is 24.2 Å². The number of fused-ring (bicyclic) bond motifs is 5. The molecule has 1 unspecified atom stereocenters. The topological polar surface area (TPSA) is 85.7 Å². The Hall–Kier alpha value is -3.47. The highest BCUT2D eigenvalue weighted by atomic mass is 32.2. The van der Waals surface area contributed by atoms with Gasteiger partial charge in [-0.2, -0.15) is 0 Å². The fourth-order valence-corrected chi connectivity index (χ4v) is 7.39. The Balaban J connectivity index is 1.35. The normalized spacial score (nSPS) is 16.0. The number of aromatic nitrogens is 4. The molecule has 0 spiro atoms. The van der Waals surface area contributed by atoms with E-state index in [2.05, 4.69) is 34.7 Å². The molecule has 1 aliphatic heterocycles. The Labute approximate surface area is 228 Å². The molecule has 8 nitrogen and oxygen atoms in total. The van der Waals surface area contributed by atoms with Gasteiger partial charge in [-0.15, -0.1) is 21.5 Å². The highest BCUT2D eigenvalue weighted by Crippen LogP contribution is 2.33. The minimum absolute atomic E-state index is 0.0131. The van der Waals surface area contributed by atoms with Crippen LogP contribution in [0.4, 0.5) is 0 Å². The number of hydrogen-bond acceptors (Lipinski definition) is 6. The number of para-hydroxylation sites is 1. The summed E-state index contributed by atoms with van der Waals surface area (Å²) in [6, 6.07) is 19.7. The third kappa shape index (κ3) is 4.63. The lowest BCUT2D eigenvalue weighted by atomic mass is 10.1. The molecule has 5 aromatic rings. The standard InChI is InChI=1S/C28H28N6O2S2/c1-18(15-19-9-5-3-6-10-19)29-23(35)17-37-28-31-30-27-33(20-11-7-4-8-12-20)25(36)24-21-13-14-32(2)16-22(21)38-26(24)34(27)28/h3-12,18H,13-17H2,1-2H3,(H,29,35)/p+1/t18-/m0/s1. The summed E-state index contributed by atoms with van der Waals surface area (Å²) in [6.45, 7) is 3.90. The maximum Gasteiger partial charge on any atom is 0.268 e. The van der Waals surface area contributed by atoms with Gasteiger partial charge in [0.05, 0.1) is 35.3 Å². The highest BCUT2D eigenvalue weighted by Gasteiger charge is 2.28. The van der Waals surface area contributed by atoms with E-state index in [0.717, 1.165) is 47.4 Å². The van der Waals surface area contributed by atoms with Crippen molar-refractivity contribution in [3.05, 3.63) is 87.0 Å². The summed E-state index contributed by atoms with van der Waals surface area (Å²) < 4.78 is 3.62. The summed E-state index contributed by atoms with van der Waals surface area (Å²) in [5.41, 5.74) is 3.02. The molecule has 0 bridgehead atoms. The monoisotopic (exact) mass is 545 g/mol. The second-order valence-electron chi connectivity index (χ2n) is 9.86. The van der Waals surface area contributed by atoms with Crippen molar-refractivity contribution >= 4 is 45.0 Å². The number of carbonyl (C=O) groups excluding carboxylic acids is 1. The number of likely N-dealkylation sites (N-methyl/N-ethyl adjacent to an activating group) is 1. The summed E-state index contributed by atoms with van der Waals surface area (Å²) >= 11 is 3.00. The first kappa shape index (κ1) is 24.8. The van der Waals surface area contributed by atoms with Crippen molar-refractivity contribution in [1.29, 1.82) is 0 Å². The number of nitrogens with zero attached hydrogens (tertiary/aromatic N) is 4. The van der Waals surface area contributed by atoms with Crippen LogP contribution in [0.1, 0.15) is 22.9 Å². The summed E-state index contributed by atoms with van der Waals surface area (Å²) in [5.74, 6) is 0.621. The molecule has 10 heteroatoms. The van der Waals surface area contributed by atoms with Crippen LogP contribution in [0.5, 0.6) is 0 Å². The molecule has 2 aromatic carbocycles. The van der Waals surface area contributed by atoms with E-state index < -0.39 is 0 Å². The van der Waals surface area contributed by atoms with E-state index in [4.69, 9.17) is 0 Å². The predicted octanol–water partition coefficient (Wildman–Crippen LogP) is 2.51. The van der Waals surface area contributed by atoms with Crippen LogP contribution in [0, 0.1) is 0 Å². The van der Waals surface area contributed by atoms with E-state index in [1.54, 1.807) is 15.9 Å². The van der Waals surface area contributed by atoms with Crippen LogP contribution in [0.3, 0.4) is 0 Å². The number of thiophene rings is 1. The Morgan fingerprint density at radius 1 is 1.13 bits per heavy atom. The summed E-state index contributed by atoms with van der Waals surface area (Å²) in [5, 5.41) is 13.3. The van der Waals surface area contributed by atoms with Gasteiger partial charge in [-0.05, 0) is 36.6 Å². The first-order valence-corrected chi connectivity index (χ1v) is 14.6. The maximum absolute atomic E-state index is 13.9. The number of hydrogen-bond donors (Lipinski definition) is 2. The van der Waals surface area contributed by atoms with Gasteiger partial charge >= 0.3 is 0 Å². The zero-order valence-corrected chi connectivity index (χ0v) is 22.9. The van der Waals surface area contributed by atoms with Gasteiger partial charge in [-0.25, -0.2) is 8.97 Å².